The monoisotopic (exact) mass is 474 g/mol. The lowest BCUT2D eigenvalue weighted by Gasteiger charge is -2.30. The molecule has 0 saturated heterocycles. The summed E-state index contributed by atoms with van der Waals surface area (Å²) in [5.41, 5.74) is 6.18. The van der Waals surface area contributed by atoms with Crippen LogP contribution in [0.1, 0.15) is 88.5 Å². The quantitative estimate of drug-likeness (QED) is 0.632. The van der Waals surface area contributed by atoms with Gasteiger partial charge in [-0.25, -0.2) is 14.8 Å². The van der Waals surface area contributed by atoms with Crippen LogP contribution < -0.4 is 15.8 Å². The average Bonchev–Trinajstić information content (AvgIpc) is 3.12. The van der Waals surface area contributed by atoms with Crippen molar-refractivity contribution in [3.8, 4) is 5.88 Å². The molecule has 8 nitrogen and oxygen atoms in total. The summed E-state index contributed by atoms with van der Waals surface area (Å²) >= 11 is 1.72. The van der Waals surface area contributed by atoms with E-state index in [1.54, 1.807) is 17.7 Å². The lowest BCUT2D eigenvalue weighted by Crippen LogP contribution is -2.42. The Bertz CT molecular complexity index is 1010. The molecule has 2 amide bonds. The van der Waals surface area contributed by atoms with E-state index in [9.17, 15) is 9.59 Å². The van der Waals surface area contributed by atoms with Gasteiger partial charge < -0.3 is 20.5 Å². The summed E-state index contributed by atoms with van der Waals surface area (Å²) in [6, 6.07) is 0.0946. The van der Waals surface area contributed by atoms with Gasteiger partial charge in [0, 0.05) is 17.3 Å². The second-order valence-electron chi connectivity index (χ2n) is 10.1. The molecule has 2 heterocycles. The van der Waals surface area contributed by atoms with Crippen LogP contribution in [0.5, 0.6) is 5.88 Å². The SMILES string of the molecule is CC(C)(C)OC(=O)NC1CCC(Oc2ncnc3sc4c(c23)[C@@H](CCC(N)=O)CCC4)CC1. The summed E-state index contributed by atoms with van der Waals surface area (Å²) < 4.78 is 11.8. The van der Waals surface area contributed by atoms with Crippen LogP contribution in [0.4, 0.5) is 4.79 Å². The Hall–Kier alpha value is -2.42. The summed E-state index contributed by atoms with van der Waals surface area (Å²) in [7, 11) is 0. The van der Waals surface area contributed by atoms with Gasteiger partial charge in [-0.2, -0.15) is 0 Å². The van der Waals surface area contributed by atoms with Gasteiger partial charge in [-0.1, -0.05) is 0 Å². The first kappa shape index (κ1) is 23.7. The molecule has 2 aliphatic carbocycles. The first-order valence-corrected chi connectivity index (χ1v) is 12.7. The van der Waals surface area contributed by atoms with Crippen LogP contribution in [-0.2, 0) is 16.0 Å². The number of nitrogens with two attached hydrogens (primary N) is 1. The van der Waals surface area contributed by atoms with E-state index in [-0.39, 0.29) is 30.1 Å². The number of aryl methyl sites for hydroxylation is 1. The number of amides is 2. The van der Waals surface area contributed by atoms with Gasteiger partial charge in [-0.05, 0) is 83.6 Å². The molecule has 33 heavy (non-hydrogen) atoms. The highest BCUT2D eigenvalue weighted by Gasteiger charge is 2.30. The molecule has 2 aromatic rings. The fraction of sp³-hybridized carbons (Fsp3) is 0.667. The fourth-order valence-corrected chi connectivity index (χ4v) is 6.15. The van der Waals surface area contributed by atoms with Gasteiger partial charge in [0.05, 0.1) is 5.39 Å². The normalized spacial score (nSPS) is 23.1. The summed E-state index contributed by atoms with van der Waals surface area (Å²) in [5, 5.41) is 3.99. The van der Waals surface area contributed by atoms with Crippen LogP contribution in [0.25, 0.3) is 10.2 Å². The molecular formula is C24H34N4O4S. The Morgan fingerprint density at radius 1 is 1.18 bits per heavy atom. The highest BCUT2D eigenvalue weighted by molar-refractivity contribution is 7.18. The molecule has 0 spiro atoms. The second-order valence-corrected chi connectivity index (χ2v) is 11.2. The van der Waals surface area contributed by atoms with Gasteiger partial charge in [0.1, 0.15) is 22.9 Å². The standard InChI is InChI=1S/C24H34N4O4S/c1-24(2,3)32-23(30)28-15-8-10-16(11-9-15)31-21-20-19-14(7-12-18(25)29)5-4-6-17(19)33-22(20)27-13-26-21/h13-16H,4-12H2,1-3H3,(H2,25,29)(H,28,30)/t14-,15?,16?/m1/s1. The number of nitrogens with zero attached hydrogens (tertiary/aromatic N) is 2. The molecule has 180 valence electrons. The summed E-state index contributed by atoms with van der Waals surface area (Å²) in [6.45, 7) is 5.59. The topological polar surface area (TPSA) is 116 Å². The number of thiophene rings is 1. The number of primary amides is 1. The van der Waals surface area contributed by atoms with E-state index >= 15 is 0 Å². The van der Waals surface area contributed by atoms with E-state index in [2.05, 4.69) is 15.3 Å². The minimum atomic E-state index is -0.502. The summed E-state index contributed by atoms with van der Waals surface area (Å²) in [5.74, 6) is 0.676. The maximum absolute atomic E-state index is 12.1. The molecule has 0 aromatic carbocycles. The number of hydrogen-bond acceptors (Lipinski definition) is 7. The third kappa shape index (κ3) is 5.93. The van der Waals surface area contributed by atoms with Gasteiger partial charge in [0.2, 0.25) is 11.8 Å². The summed E-state index contributed by atoms with van der Waals surface area (Å²) in [4.78, 5) is 34.8. The molecule has 0 radical (unpaired) electrons. The van der Waals surface area contributed by atoms with Crippen molar-refractivity contribution in [1.29, 1.82) is 0 Å². The first-order chi connectivity index (χ1) is 15.7. The zero-order valence-corrected chi connectivity index (χ0v) is 20.5. The number of aromatic nitrogens is 2. The van der Waals surface area contributed by atoms with Gasteiger partial charge >= 0.3 is 6.09 Å². The smallest absolute Gasteiger partial charge is 0.407 e. The molecule has 2 aliphatic rings. The fourth-order valence-electron chi connectivity index (χ4n) is 4.90. The van der Waals surface area contributed by atoms with Crippen molar-refractivity contribution in [2.24, 2.45) is 5.73 Å². The van der Waals surface area contributed by atoms with Crippen LogP contribution in [-0.4, -0.2) is 39.7 Å². The predicted octanol–water partition coefficient (Wildman–Crippen LogP) is 4.59. The third-order valence-corrected chi connectivity index (χ3v) is 7.52. The van der Waals surface area contributed by atoms with Gasteiger partial charge in [0.15, 0.2) is 0 Å². The first-order valence-electron chi connectivity index (χ1n) is 11.9. The van der Waals surface area contributed by atoms with E-state index in [0.29, 0.717) is 12.3 Å². The van der Waals surface area contributed by atoms with E-state index < -0.39 is 5.60 Å². The average molecular weight is 475 g/mol. The molecule has 9 heteroatoms. The summed E-state index contributed by atoms with van der Waals surface area (Å²) in [6.07, 6.45) is 8.93. The Morgan fingerprint density at radius 2 is 1.94 bits per heavy atom. The molecule has 3 N–H and O–H groups in total. The van der Waals surface area contributed by atoms with Crippen molar-refractivity contribution in [2.45, 2.75) is 102 Å². The molecule has 1 fully saturated rings. The number of ether oxygens (including phenoxy) is 2. The zero-order chi connectivity index (χ0) is 23.6. The molecular weight excluding hydrogens is 440 g/mol. The maximum Gasteiger partial charge on any atom is 0.407 e. The number of hydrogen-bond donors (Lipinski definition) is 2. The van der Waals surface area contributed by atoms with Crippen molar-refractivity contribution < 1.29 is 19.1 Å². The van der Waals surface area contributed by atoms with Crippen molar-refractivity contribution >= 4 is 33.6 Å². The van der Waals surface area contributed by atoms with Crippen LogP contribution in [0.3, 0.4) is 0 Å². The lowest BCUT2D eigenvalue weighted by molar-refractivity contribution is -0.118. The van der Waals surface area contributed by atoms with E-state index in [0.717, 1.165) is 61.6 Å². The number of nitrogens with one attached hydrogen (secondary N) is 1. The Morgan fingerprint density at radius 3 is 2.64 bits per heavy atom. The zero-order valence-electron chi connectivity index (χ0n) is 19.7. The number of carbonyl (C=O) groups is 2. The molecule has 0 aliphatic heterocycles. The minimum Gasteiger partial charge on any atom is -0.474 e. The van der Waals surface area contributed by atoms with E-state index in [1.165, 1.54) is 10.4 Å². The van der Waals surface area contributed by atoms with Crippen molar-refractivity contribution in [3.63, 3.8) is 0 Å². The molecule has 0 unspecified atom stereocenters. The molecule has 4 rings (SSSR count). The van der Waals surface area contributed by atoms with Crippen molar-refractivity contribution in [3.05, 3.63) is 16.8 Å². The van der Waals surface area contributed by atoms with E-state index in [4.69, 9.17) is 15.2 Å². The van der Waals surface area contributed by atoms with Gasteiger partial charge in [0.25, 0.3) is 0 Å². The minimum absolute atomic E-state index is 0.0444. The molecule has 2 aromatic heterocycles. The number of alkyl carbamates (subject to hydrolysis) is 1. The third-order valence-electron chi connectivity index (χ3n) is 6.34. The van der Waals surface area contributed by atoms with Crippen molar-refractivity contribution in [2.75, 3.05) is 0 Å². The van der Waals surface area contributed by atoms with Crippen LogP contribution in [0.2, 0.25) is 0 Å². The highest BCUT2D eigenvalue weighted by atomic mass is 32.1. The van der Waals surface area contributed by atoms with Crippen molar-refractivity contribution in [1.82, 2.24) is 15.3 Å². The van der Waals surface area contributed by atoms with Crippen LogP contribution in [0, 0.1) is 0 Å². The van der Waals surface area contributed by atoms with E-state index in [1.807, 2.05) is 20.8 Å². The van der Waals surface area contributed by atoms with Gasteiger partial charge in [-0.15, -0.1) is 11.3 Å². The molecule has 1 atom stereocenters. The lowest BCUT2D eigenvalue weighted by atomic mass is 9.83. The number of carbonyl (C=O) groups excluding carboxylic acids is 2. The largest absolute Gasteiger partial charge is 0.474 e. The number of fused-ring (bicyclic) bond motifs is 3. The Labute approximate surface area is 198 Å². The Kier molecular flexibility index (Phi) is 7.07. The molecule has 1 saturated carbocycles. The van der Waals surface area contributed by atoms with Crippen LogP contribution in [0.15, 0.2) is 6.33 Å². The molecule has 0 bridgehead atoms. The van der Waals surface area contributed by atoms with Crippen LogP contribution >= 0.6 is 11.3 Å². The predicted molar refractivity (Wildman–Crippen MR) is 128 cm³/mol. The maximum atomic E-state index is 12.1. The number of rotatable bonds is 6. The van der Waals surface area contributed by atoms with Gasteiger partial charge in [-0.3, -0.25) is 4.79 Å². The Balaban J connectivity index is 1.44. The second kappa shape index (κ2) is 9.83. The highest BCUT2D eigenvalue weighted by Crippen LogP contribution is 2.46.